The topological polar surface area (TPSA) is 157 Å². The highest BCUT2D eigenvalue weighted by molar-refractivity contribution is 6.01. The van der Waals surface area contributed by atoms with E-state index >= 15 is 0 Å². The molecule has 10 nitrogen and oxygen atoms in total. The number of allylic oxidation sites excluding steroid dienone is 4. The number of rotatable bonds is 9. The van der Waals surface area contributed by atoms with Gasteiger partial charge < -0.3 is 39.9 Å². The predicted octanol–water partition coefficient (Wildman–Crippen LogP) is 7.72. The van der Waals surface area contributed by atoms with Crippen molar-refractivity contribution in [1.29, 1.82) is 0 Å². The maximum Gasteiger partial charge on any atom is 0.187 e. The molecule has 5 atom stereocenters. The Bertz CT molecular complexity index is 2350. The van der Waals surface area contributed by atoms with Crippen LogP contribution in [0.1, 0.15) is 105 Å². The van der Waals surface area contributed by atoms with Crippen molar-refractivity contribution in [1.82, 2.24) is 19.9 Å². The summed E-state index contributed by atoms with van der Waals surface area (Å²) in [6, 6.07) is 14.7. The monoisotopic (exact) mass is 746 g/mol. The summed E-state index contributed by atoms with van der Waals surface area (Å²) in [5.41, 5.74) is 20.5. The summed E-state index contributed by atoms with van der Waals surface area (Å²) in [7, 11) is 0. The van der Waals surface area contributed by atoms with Crippen LogP contribution in [0.15, 0.2) is 42.5 Å². The normalized spacial score (nSPS) is 21.6. The maximum absolute atomic E-state index is 10.5. The predicted molar refractivity (Wildman–Crippen MR) is 219 cm³/mol. The molecule has 6 heterocycles. The fraction of sp³-hybridized carbons (Fsp3) is 0.422. The molecular weight excluding hydrogens is 693 g/mol. The van der Waals surface area contributed by atoms with Gasteiger partial charge in [-0.25, -0.2) is 9.97 Å². The second kappa shape index (κ2) is 15.6. The summed E-state index contributed by atoms with van der Waals surface area (Å²) in [5, 5.41) is 40.5. The number of nitrogens with zero attached hydrogens (tertiary/aromatic N) is 2. The van der Waals surface area contributed by atoms with Gasteiger partial charge in [-0.3, -0.25) is 0 Å². The van der Waals surface area contributed by atoms with Crippen LogP contribution in [-0.4, -0.2) is 77.7 Å². The molecule has 3 aliphatic rings. The number of aromatic amines is 2. The van der Waals surface area contributed by atoms with Gasteiger partial charge in [0.15, 0.2) is 6.29 Å². The van der Waals surface area contributed by atoms with Crippen LogP contribution in [0.25, 0.3) is 55.5 Å². The first-order chi connectivity index (χ1) is 26.4. The lowest BCUT2D eigenvalue weighted by Crippen LogP contribution is -2.59. The van der Waals surface area contributed by atoms with Crippen LogP contribution in [-0.2, 0) is 28.9 Å². The SMILES string of the molecule is CCC1=C(C)c2cc3nc(c(-c4ccc(CO[C@H]5O[C@H](CO)[C@H](O)[C@H](O)[C@H]5O)cc4)c4[nH]c(cc5[nH]c(cc1n2)c(CC)c5C)c(CC)c4C)C(C)=C3CC. The van der Waals surface area contributed by atoms with Crippen LogP contribution in [0.3, 0.4) is 0 Å². The molecule has 3 aliphatic heterocycles. The Morgan fingerprint density at radius 2 is 1.31 bits per heavy atom. The van der Waals surface area contributed by atoms with E-state index in [1.165, 1.54) is 39.0 Å². The number of aliphatic hydroxyl groups excluding tert-OH is 4. The number of H-pyrrole nitrogens is 2. The maximum atomic E-state index is 10.5. The number of hydrogen-bond acceptors (Lipinski definition) is 8. The molecule has 8 bridgehead atoms. The third-order valence-corrected chi connectivity index (χ3v) is 11.8. The van der Waals surface area contributed by atoms with Crippen LogP contribution < -0.4 is 0 Å². The van der Waals surface area contributed by atoms with Crippen molar-refractivity contribution in [3.05, 3.63) is 93.1 Å². The number of aliphatic hydroxyl groups is 4. The molecule has 1 fully saturated rings. The van der Waals surface area contributed by atoms with Gasteiger partial charge in [-0.1, -0.05) is 52.0 Å². The van der Waals surface area contributed by atoms with Gasteiger partial charge in [-0.2, -0.15) is 0 Å². The van der Waals surface area contributed by atoms with Gasteiger partial charge in [0.05, 0.1) is 41.5 Å². The van der Waals surface area contributed by atoms with Crippen molar-refractivity contribution in [2.75, 3.05) is 6.61 Å². The van der Waals surface area contributed by atoms with Crippen LogP contribution in [0.4, 0.5) is 0 Å². The molecule has 1 aromatic carbocycles. The number of benzene rings is 1. The van der Waals surface area contributed by atoms with E-state index < -0.39 is 37.3 Å². The van der Waals surface area contributed by atoms with Gasteiger partial charge in [0.25, 0.3) is 0 Å². The van der Waals surface area contributed by atoms with E-state index in [-0.39, 0.29) is 6.61 Å². The molecule has 3 aromatic heterocycles. The summed E-state index contributed by atoms with van der Waals surface area (Å²) < 4.78 is 11.4. The van der Waals surface area contributed by atoms with E-state index in [1.54, 1.807) is 0 Å². The number of aryl methyl sites for hydroxylation is 4. The second-order valence-electron chi connectivity index (χ2n) is 14.9. The molecule has 290 valence electrons. The van der Waals surface area contributed by atoms with Crippen LogP contribution >= 0.6 is 0 Å². The van der Waals surface area contributed by atoms with Crippen molar-refractivity contribution < 1.29 is 29.9 Å². The molecule has 1 saturated heterocycles. The number of ether oxygens (including phenoxy) is 2. The molecule has 0 saturated carbocycles. The molecule has 6 N–H and O–H groups in total. The second-order valence-corrected chi connectivity index (χ2v) is 14.9. The van der Waals surface area contributed by atoms with Gasteiger partial charge in [-0.05, 0) is 127 Å². The molecule has 7 rings (SSSR count). The van der Waals surface area contributed by atoms with Crippen molar-refractivity contribution >= 4 is 44.4 Å². The van der Waals surface area contributed by atoms with Crippen molar-refractivity contribution in [3.8, 4) is 11.1 Å². The minimum atomic E-state index is -1.50. The minimum Gasteiger partial charge on any atom is -0.394 e. The molecule has 0 spiro atoms. The number of nitrogens with one attached hydrogen (secondary N) is 2. The van der Waals surface area contributed by atoms with Crippen LogP contribution in [0.5, 0.6) is 0 Å². The first-order valence-corrected chi connectivity index (χ1v) is 19.6. The zero-order valence-corrected chi connectivity index (χ0v) is 33.2. The van der Waals surface area contributed by atoms with Gasteiger partial charge in [-0.15, -0.1) is 0 Å². The van der Waals surface area contributed by atoms with E-state index in [4.69, 9.17) is 19.4 Å². The zero-order chi connectivity index (χ0) is 39.3. The highest BCUT2D eigenvalue weighted by Gasteiger charge is 2.44. The first kappa shape index (κ1) is 38.8. The van der Waals surface area contributed by atoms with Gasteiger partial charge >= 0.3 is 0 Å². The van der Waals surface area contributed by atoms with Gasteiger partial charge in [0, 0.05) is 22.1 Å². The van der Waals surface area contributed by atoms with Crippen molar-refractivity contribution in [2.24, 2.45) is 0 Å². The largest absolute Gasteiger partial charge is 0.394 e. The Morgan fingerprint density at radius 3 is 1.96 bits per heavy atom. The number of hydrogen-bond donors (Lipinski definition) is 6. The Morgan fingerprint density at radius 1 is 0.673 bits per heavy atom. The van der Waals surface area contributed by atoms with Gasteiger partial charge in [0.2, 0.25) is 0 Å². The molecule has 10 heteroatoms. The first-order valence-electron chi connectivity index (χ1n) is 19.6. The van der Waals surface area contributed by atoms with E-state index in [0.717, 1.165) is 92.8 Å². The summed E-state index contributed by atoms with van der Waals surface area (Å²) in [5.74, 6) is 0. The van der Waals surface area contributed by atoms with Crippen LogP contribution in [0, 0.1) is 13.8 Å². The summed E-state index contributed by atoms with van der Waals surface area (Å²) in [6.45, 7) is 17.1. The highest BCUT2D eigenvalue weighted by atomic mass is 16.7. The number of fused-ring (bicyclic) bond motifs is 8. The third-order valence-electron chi connectivity index (χ3n) is 11.8. The summed E-state index contributed by atoms with van der Waals surface area (Å²) in [4.78, 5) is 18.3. The molecule has 0 radical (unpaired) electrons. The average Bonchev–Trinajstić information content (AvgIpc) is 3.86. The number of aromatic nitrogens is 4. The standard InChI is InChI=1S/C45H54N4O6/c1-9-28-22(5)32-17-36-30(11-3)24(7)40(48-36)39(27-15-13-26(14-16-27)21-54-45-44(53)43(52)42(51)38(20-50)55-45)41-25(8)31(12-4)37(49-41)18-33-23(6)29(10-2)35(47-33)19-34(28)46-32/h13-19,38,42-46,48,50-53H,9-12,20-21H2,1-8H3/t38-,42+,43+,44-,45+/m1/s1. The molecule has 0 unspecified atom stereocenters. The Balaban J connectivity index is 1.45. The summed E-state index contributed by atoms with van der Waals surface area (Å²) >= 11 is 0. The van der Waals surface area contributed by atoms with Gasteiger partial charge in [0.1, 0.15) is 24.4 Å². The van der Waals surface area contributed by atoms with Crippen LogP contribution in [0.2, 0.25) is 0 Å². The van der Waals surface area contributed by atoms with Crippen molar-refractivity contribution in [3.63, 3.8) is 0 Å². The average molecular weight is 747 g/mol. The van der Waals surface area contributed by atoms with E-state index in [9.17, 15) is 20.4 Å². The Labute approximate surface area is 322 Å². The van der Waals surface area contributed by atoms with Crippen molar-refractivity contribution in [2.45, 2.75) is 118 Å². The molecular formula is C45H54N4O6. The smallest absolute Gasteiger partial charge is 0.187 e. The lowest BCUT2D eigenvalue weighted by atomic mass is 9.95. The quantitative estimate of drug-likeness (QED) is 0.102. The minimum absolute atomic E-state index is 0.0774. The third kappa shape index (κ3) is 6.79. The van der Waals surface area contributed by atoms with E-state index in [0.29, 0.717) is 0 Å². The lowest BCUT2D eigenvalue weighted by Gasteiger charge is -2.39. The highest BCUT2D eigenvalue weighted by Crippen LogP contribution is 2.42. The van der Waals surface area contributed by atoms with E-state index in [2.05, 4.69) is 95.7 Å². The fourth-order valence-corrected chi connectivity index (χ4v) is 8.60. The molecule has 0 aliphatic carbocycles. The molecule has 0 amide bonds. The fourth-order valence-electron chi connectivity index (χ4n) is 8.60. The molecule has 4 aromatic rings. The molecule has 55 heavy (non-hydrogen) atoms. The lowest BCUT2D eigenvalue weighted by molar-refractivity contribution is -0.304. The van der Waals surface area contributed by atoms with E-state index in [1.807, 2.05) is 12.1 Å². The Kier molecular flexibility index (Phi) is 11.0. The Hall–Kier alpha value is -4.42. The zero-order valence-electron chi connectivity index (χ0n) is 33.2. The summed E-state index contributed by atoms with van der Waals surface area (Å²) in [6.07, 6.45) is -3.22.